The number of hydrogen-bond acceptors (Lipinski definition) is 4. The molecule has 2 unspecified atom stereocenters. The van der Waals surface area contributed by atoms with E-state index in [9.17, 15) is 12.9 Å². The fourth-order valence-electron chi connectivity index (χ4n) is 3.52. The van der Waals surface area contributed by atoms with E-state index < -0.39 is 7.54 Å². The molecule has 0 bridgehead atoms. The quantitative estimate of drug-likeness (QED) is 0.169. The van der Waals surface area contributed by atoms with Crippen molar-refractivity contribution in [2.24, 2.45) is 21.8 Å². The van der Waals surface area contributed by atoms with Gasteiger partial charge in [0.15, 0.2) is 0 Å². The first kappa shape index (κ1) is 39.6. The third-order valence-corrected chi connectivity index (χ3v) is 5.27. The summed E-state index contributed by atoms with van der Waals surface area (Å²) in [5.41, 5.74) is 4.36. The number of aliphatic imine (C=N–C) groups is 2. The molecule has 2 aliphatic rings. The fourth-order valence-corrected chi connectivity index (χ4v) is 3.52. The number of rotatable bonds is 3. The van der Waals surface area contributed by atoms with E-state index in [0.717, 1.165) is 23.2 Å². The molecule has 0 aromatic heterocycles. The molecule has 203 valence electrons. The van der Waals surface area contributed by atoms with Gasteiger partial charge >= 0.3 is 28.6 Å². The molecule has 2 aromatic rings. The summed E-state index contributed by atoms with van der Waals surface area (Å²) < 4.78 is 29.0. The maximum atomic E-state index is 9.67. The van der Waals surface area contributed by atoms with Crippen molar-refractivity contribution in [3.05, 3.63) is 89.9 Å². The number of allylic oxidation sites excluding steroid dienone is 4. The molecule has 4 nitrogen and oxygen atoms in total. The molecule has 2 aliphatic carbocycles. The van der Waals surface area contributed by atoms with Crippen LogP contribution in [-0.2, 0) is 30.7 Å². The van der Waals surface area contributed by atoms with E-state index in [0.29, 0.717) is 0 Å². The van der Waals surface area contributed by atoms with Gasteiger partial charge in [-0.05, 0) is 44.0 Å². The van der Waals surface area contributed by atoms with Crippen molar-refractivity contribution in [2.75, 3.05) is 0 Å². The van der Waals surface area contributed by atoms with E-state index in [1.165, 1.54) is 24.0 Å². The molecule has 2 atom stereocenters. The van der Waals surface area contributed by atoms with Crippen LogP contribution >= 0.6 is 0 Å². The van der Waals surface area contributed by atoms with Gasteiger partial charge < -0.3 is 20.2 Å². The third-order valence-electron chi connectivity index (χ3n) is 5.27. The van der Waals surface area contributed by atoms with Crippen LogP contribution in [0, 0.1) is 31.6 Å². The van der Waals surface area contributed by atoms with E-state index in [1.54, 1.807) is 18.3 Å². The van der Waals surface area contributed by atoms with Gasteiger partial charge in [0.1, 0.15) is 0 Å². The van der Waals surface area contributed by atoms with Gasteiger partial charge in [-0.2, -0.15) is 13.3 Å². The maximum Gasteiger partial charge on any atom is 3.00 e. The second-order valence-electron chi connectivity index (χ2n) is 7.82. The van der Waals surface area contributed by atoms with Gasteiger partial charge in [0.05, 0.1) is 11.4 Å². The summed E-state index contributed by atoms with van der Waals surface area (Å²) in [5.74, 6) is 3.29. The molecule has 4 rings (SSSR count). The van der Waals surface area contributed by atoms with Crippen molar-refractivity contribution < 1.29 is 48.3 Å². The van der Waals surface area contributed by atoms with E-state index >= 15 is 0 Å². The minimum absolute atomic E-state index is 0. The van der Waals surface area contributed by atoms with Crippen molar-refractivity contribution in [1.29, 1.82) is 0 Å². The molecule has 0 heterocycles. The van der Waals surface area contributed by atoms with Crippen molar-refractivity contribution in [3.8, 4) is 0 Å². The number of nitrogens with zero attached hydrogens (tertiary/aromatic N) is 2. The third kappa shape index (κ3) is 17.5. The van der Waals surface area contributed by atoms with Crippen LogP contribution in [0.4, 0.5) is 24.3 Å². The second-order valence-corrected chi connectivity index (χ2v) is 7.82. The topological polar surface area (TPSA) is 58.9 Å². The molecule has 10 heteroatoms. The molecule has 0 N–H and O–H groups in total. The molecule has 0 aliphatic heterocycles. The zero-order valence-corrected chi connectivity index (χ0v) is 23.5. The summed E-state index contributed by atoms with van der Waals surface area (Å²) >= 11 is 0. The van der Waals surface area contributed by atoms with Crippen LogP contribution in [0.2, 0.25) is 0 Å². The monoisotopic (exact) mass is 612 g/mol. The van der Waals surface area contributed by atoms with Gasteiger partial charge in [-0.1, -0.05) is 60.0 Å². The summed E-state index contributed by atoms with van der Waals surface area (Å²) in [6, 6.07) is 16.1. The SMILES string of the molecule is C[C-]1CCC2C=CC=CC12.Cc1ccc(N=CC=Nc2ccc(C)cc2)cc1.FB(F)F.[CH-]=O.[CH-]=O.[F-].[Mo+3]. The molecule has 0 spiro atoms. The van der Waals surface area contributed by atoms with Gasteiger partial charge in [-0.15, -0.1) is 12.0 Å². The zero-order chi connectivity index (χ0) is 27.3. The van der Waals surface area contributed by atoms with Gasteiger partial charge in [-0.25, -0.2) is 0 Å². The number of hydrogen-bond donors (Lipinski definition) is 0. The average Bonchev–Trinajstić information content (AvgIpc) is 3.27. The van der Waals surface area contributed by atoms with Crippen LogP contribution in [0.1, 0.15) is 30.9 Å². The van der Waals surface area contributed by atoms with Crippen molar-refractivity contribution in [3.63, 3.8) is 0 Å². The molecular formula is C28H31BF4MoN2O2-. The summed E-state index contributed by atoms with van der Waals surface area (Å²) in [6.07, 6.45) is 15.2. The van der Waals surface area contributed by atoms with E-state index in [1.807, 2.05) is 48.5 Å². The molecule has 0 amide bonds. The van der Waals surface area contributed by atoms with Crippen LogP contribution in [0.3, 0.4) is 0 Å². The molecule has 1 saturated carbocycles. The summed E-state index contributed by atoms with van der Waals surface area (Å²) in [4.78, 5) is 24.1. The minimum Gasteiger partial charge on any atom is -1.00 e. The summed E-state index contributed by atoms with van der Waals surface area (Å²) in [5, 5.41) is 0. The first-order valence-corrected chi connectivity index (χ1v) is 11.1. The number of fused-ring (bicyclic) bond motifs is 1. The molecule has 2 aromatic carbocycles. The average molecular weight is 610 g/mol. The van der Waals surface area contributed by atoms with Crippen molar-refractivity contribution >= 4 is 44.9 Å². The molecular weight excluding hydrogens is 579 g/mol. The van der Waals surface area contributed by atoms with Crippen LogP contribution in [0.15, 0.2) is 82.8 Å². The summed E-state index contributed by atoms with van der Waals surface area (Å²) in [6.45, 7) is 12.9. The molecule has 0 saturated heterocycles. The maximum absolute atomic E-state index is 9.67. The Balaban J connectivity index is -0.000000520. The Morgan fingerprint density at radius 2 is 1.18 bits per heavy atom. The van der Waals surface area contributed by atoms with Gasteiger partial charge in [0.25, 0.3) is 0 Å². The zero-order valence-electron chi connectivity index (χ0n) is 21.5. The number of halogens is 4. The number of benzene rings is 2. The Morgan fingerprint density at radius 1 is 0.816 bits per heavy atom. The van der Waals surface area contributed by atoms with Gasteiger partial charge in [-0.3, -0.25) is 36.5 Å². The van der Waals surface area contributed by atoms with Crippen LogP contribution in [0.25, 0.3) is 0 Å². The van der Waals surface area contributed by atoms with E-state index in [2.05, 4.69) is 68.6 Å². The normalized spacial score (nSPS) is 16.5. The second kappa shape index (κ2) is 24.4. The first-order chi connectivity index (χ1) is 17.3. The predicted molar refractivity (Wildman–Crippen MR) is 145 cm³/mol. The van der Waals surface area contributed by atoms with Crippen LogP contribution in [0.5, 0.6) is 0 Å². The predicted octanol–water partition coefficient (Wildman–Crippen LogP) is 4.47. The van der Waals surface area contributed by atoms with Crippen LogP contribution < -0.4 is 4.70 Å². The van der Waals surface area contributed by atoms with Gasteiger partial charge in [0, 0.05) is 12.4 Å². The standard InChI is InChI=1S/C16H16N2.C10H13.2CHO.BF3.FH.Mo/c1-13-3-7-15(8-4-13)17-11-12-18-16-9-5-14(2)6-10-16;1-8-6-7-9-4-2-3-5-10(8)9;2*1-2;2-1(3)4;;/h3-12H,1-2H3;2-5,9-10H,6-7H2,1H3;2*1H;;1H;/q;3*-1;;;+3/p-1. The number of carbonyl (C=O) groups excluding carboxylic acids is 2. The Bertz CT molecular complexity index is 914. The van der Waals surface area contributed by atoms with E-state index in [-0.39, 0.29) is 25.8 Å². The Kier molecular flexibility index (Phi) is 25.4. The number of aryl methyl sites for hydroxylation is 2. The minimum atomic E-state index is -3.67. The Hall–Kier alpha value is -2.93. The molecule has 1 fully saturated rings. The Labute approximate surface area is 238 Å². The van der Waals surface area contributed by atoms with Crippen molar-refractivity contribution in [1.82, 2.24) is 0 Å². The van der Waals surface area contributed by atoms with Crippen molar-refractivity contribution in [2.45, 2.75) is 33.6 Å². The fraction of sp³-hybridized carbons (Fsp3) is 0.250. The van der Waals surface area contributed by atoms with Gasteiger partial charge in [0.2, 0.25) is 0 Å². The summed E-state index contributed by atoms with van der Waals surface area (Å²) in [7, 11) is -3.67. The smallest absolute Gasteiger partial charge is 1.00 e. The largest absolute Gasteiger partial charge is 3.00 e. The molecule has 38 heavy (non-hydrogen) atoms. The Morgan fingerprint density at radius 3 is 1.55 bits per heavy atom. The van der Waals surface area contributed by atoms with E-state index in [4.69, 9.17) is 9.59 Å². The molecule has 1 radical (unpaired) electrons. The first-order valence-electron chi connectivity index (χ1n) is 11.1. The van der Waals surface area contributed by atoms with Crippen LogP contribution in [-0.4, -0.2) is 33.6 Å².